The molecule has 0 aromatic rings. The number of carbonyl (C=O) groups is 1. The summed E-state index contributed by atoms with van der Waals surface area (Å²) in [6.45, 7) is 5.26. The van der Waals surface area contributed by atoms with E-state index in [-0.39, 0.29) is 0 Å². The molecule has 2 heteroatoms. The Labute approximate surface area is 61.6 Å². The van der Waals surface area contributed by atoms with Gasteiger partial charge in [-0.2, -0.15) is 0 Å². The largest absolute Gasteiger partial charge is 0.390 e. The highest BCUT2D eigenvalue weighted by Gasteiger charge is 2.11. The lowest BCUT2D eigenvalue weighted by Crippen LogP contribution is -2.18. The molecule has 0 saturated carbocycles. The van der Waals surface area contributed by atoms with Gasteiger partial charge >= 0.3 is 0 Å². The van der Waals surface area contributed by atoms with Gasteiger partial charge in [-0.3, -0.25) is 4.79 Å². The van der Waals surface area contributed by atoms with E-state index < -0.39 is 5.60 Å². The molecule has 0 rings (SSSR count). The maximum Gasteiger partial charge on any atom is 0.142 e. The van der Waals surface area contributed by atoms with Crippen LogP contribution in [0.3, 0.4) is 0 Å². The quantitative estimate of drug-likeness (QED) is 0.476. The molecule has 0 saturated heterocycles. The number of rotatable bonds is 3. The summed E-state index contributed by atoms with van der Waals surface area (Å²) in [6, 6.07) is 0. The Morgan fingerprint density at radius 3 is 2.40 bits per heavy atom. The first-order valence-electron chi connectivity index (χ1n) is 3.29. The fraction of sp³-hybridized carbons (Fsp3) is 0.625. The highest BCUT2D eigenvalue weighted by Crippen LogP contribution is 2.13. The molecule has 0 aliphatic heterocycles. The lowest BCUT2D eigenvalue weighted by atomic mass is 10.00. The van der Waals surface area contributed by atoms with Crippen molar-refractivity contribution in [3.05, 3.63) is 11.6 Å². The Bertz CT molecular complexity index is 140. The summed E-state index contributed by atoms with van der Waals surface area (Å²) in [6.07, 6.45) is 2.75. The lowest BCUT2D eigenvalue weighted by Gasteiger charge is -2.16. The first kappa shape index (κ1) is 9.37. The van der Waals surface area contributed by atoms with Crippen LogP contribution >= 0.6 is 0 Å². The molecular formula is C8H14O2. The molecule has 0 bridgehead atoms. The second-order valence-corrected chi connectivity index (χ2v) is 3.14. The average Bonchev–Trinajstić information content (AvgIpc) is 1.59. The second kappa shape index (κ2) is 3.52. The van der Waals surface area contributed by atoms with Crippen LogP contribution in [-0.2, 0) is 4.79 Å². The smallest absolute Gasteiger partial charge is 0.142 e. The lowest BCUT2D eigenvalue weighted by molar-refractivity contribution is -0.104. The van der Waals surface area contributed by atoms with Crippen molar-refractivity contribution in [3.8, 4) is 0 Å². The number of carbonyl (C=O) groups excluding carboxylic acids is 1. The fourth-order valence-electron chi connectivity index (χ4n) is 0.857. The summed E-state index contributed by atoms with van der Waals surface area (Å²) in [7, 11) is 0. The number of hydrogen-bond acceptors (Lipinski definition) is 2. The van der Waals surface area contributed by atoms with Crippen LogP contribution in [0.15, 0.2) is 11.6 Å². The highest BCUT2D eigenvalue weighted by molar-refractivity contribution is 5.65. The summed E-state index contributed by atoms with van der Waals surface area (Å²) in [5.41, 5.74) is 0.200. The van der Waals surface area contributed by atoms with E-state index in [1.54, 1.807) is 13.8 Å². The SMILES string of the molecule is CC(=CC=O)CC(C)(C)O. The van der Waals surface area contributed by atoms with Crippen LogP contribution < -0.4 is 0 Å². The molecule has 2 nitrogen and oxygen atoms in total. The van der Waals surface area contributed by atoms with E-state index >= 15 is 0 Å². The molecule has 0 atom stereocenters. The molecule has 0 spiro atoms. The van der Waals surface area contributed by atoms with Crippen molar-refractivity contribution in [2.24, 2.45) is 0 Å². The molecule has 1 N–H and O–H groups in total. The van der Waals surface area contributed by atoms with E-state index in [0.717, 1.165) is 11.9 Å². The van der Waals surface area contributed by atoms with Crippen molar-refractivity contribution >= 4 is 6.29 Å². The van der Waals surface area contributed by atoms with Crippen molar-refractivity contribution in [3.63, 3.8) is 0 Å². The highest BCUT2D eigenvalue weighted by atomic mass is 16.3. The van der Waals surface area contributed by atoms with E-state index in [1.807, 2.05) is 6.92 Å². The van der Waals surface area contributed by atoms with Crippen molar-refractivity contribution in [1.82, 2.24) is 0 Å². The molecule has 0 unspecified atom stereocenters. The van der Waals surface area contributed by atoms with E-state index in [9.17, 15) is 9.90 Å². The summed E-state index contributed by atoms with van der Waals surface area (Å²) in [5.74, 6) is 0. The predicted octanol–water partition coefficient (Wildman–Crippen LogP) is 1.29. The van der Waals surface area contributed by atoms with Gasteiger partial charge in [0.05, 0.1) is 5.60 Å². The van der Waals surface area contributed by atoms with E-state index in [2.05, 4.69) is 0 Å². The van der Waals surface area contributed by atoms with Gasteiger partial charge in [0.15, 0.2) is 0 Å². The molecule has 0 amide bonds. The van der Waals surface area contributed by atoms with Gasteiger partial charge in [-0.15, -0.1) is 0 Å². The van der Waals surface area contributed by atoms with Crippen LogP contribution in [-0.4, -0.2) is 17.0 Å². The van der Waals surface area contributed by atoms with Gasteiger partial charge in [0.25, 0.3) is 0 Å². The molecule has 0 heterocycles. The van der Waals surface area contributed by atoms with Gasteiger partial charge in [0, 0.05) is 0 Å². The minimum Gasteiger partial charge on any atom is -0.390 e. The minimum absolute atomic E-state index is 0.547. The van der Waals surface area contributed by atoms with Crippen LogP contribution in [0.5, 0.6) is 0 Å². The summed E-state index contributed by atoms with van der Waals surface area (Å²) in [4.78, 5) is 9.94. The van der Waals surface area contributed by atoms with Gasteiger partial charge in [0.2, 0.25) is 0 Å². The molecule has 0 aliphatic rings. The second-order valence-electron chi connectivity index (χ2n) is 3.14. The van der Waals surface area contributed by atoms with Crippen molar-refractivity contribution < 1.29 is 9.90 Å². The number of allylic oxidation sites excluding steroid dienone is 1. The average molecular weight is 142 g/mol. The summed E-state index contributed by atoms with van der Waals surface area (Å²) >= 11 is 0. The Morgan fingerprint density at radius 2 is 2.10 bits per heavy atom. The molecule has 10 heavy (non-hydrogen) atoms. The summed E-state index contributed by atoms with van der Waals surface area (Å²) < 4.78 is 0. The first-order chi connectivity index (χ1) is 4.45. The van der Waals surface area contributed by atoms with Gasteiger partial charge < -0.3 is 5.11 Å². The molecule has 0 aliphatic carbocycles. The number of aldehydes is 1. The third kappa shape index (κ3) is 5.51. The van der Waals surface area contributed by atoms with Crippen molar-refractivity contribution in [2.75, 3.05) is 0 Å². The normalized spacial score (nSPS) is 13.4. The molecule has 0 aromatic carbocycles. The maximum absolute atomic E-state index is 9.94. The maximum atomic E-state index is 9.94. The Kier molecular flexibility index (Phi) is 3.30. The zero-order chi connectivity index (χ0) is 8.20. The number of hydrogen-bond donors (Lipinski definition) is 1. The molecule has 58 valence electrons. The van der Waals surface area contributed by atoms with Crippen LogP contribution in [0.2, 0.25) is 0 Å². The first-order valence-corrected chi connectivity index (χ1v) is 3.29. The van der Waals surface area contributed by atoms with Crippen LogP contribution in [0, 0.1) is 0 Å². The zero-order valence-corrected chi connectivity index (χ0v) is 6.72. The topological polar surface area (TPSA) is 37.3 Å². The van der Waals surface area contributed by atoms with Gasteiger partial charge in [-0.25, -0.2) is 0 Å². The monoisotopic (exact) mass is 142 g/mol. The van der Waals surface area contributed by atoms with E-state index in [4.69, 9.17) is 0 Å². The third-order valence-corrected chi connectivity index (χ3v) is 1.06. The van der Waals surface area contributed by atoms with Crippen LogP contribution in [0.25, 0.3) is 0 Å². The Balaban J connectivity index is 3.91. The zero-order valence-electron chi connectivity index (χ0n) is 6.72. The van der Waals surface area contributed by atoms with E-state index in [1.165, 1.54) is 6.08 Å². The molecule has 0 fully saturated rings. The van der Waals surface area contributed by atoms with Crippen LogP contribution in [0.4, 0.5) is 0 Å². The van der Waals surface area contributed by atoms with Crippen LogP contribution in [0.1, 0.15) is 27.2 Å². The van der Waals surface area contributed by atoms with Crippen molar-refractivity contribution in [2.45, 2.75) is 32.8 Å². The third-order valence-electron chi connectivity index (χ3n) is 1.06. The van der Waals surface area contributed by atoms with E-state index in [0.29, 0.717) is 6.42 Å². The molecular weight excluding hydrogens is 128 g/mol. The van der Waals surface area contributed by atoms with Gasteiger partial charge in [-0.05, 0) is 33.3 Å². The minimum atomic E-state index is -0.705. The van der Waals surface area contributed by atoms with Gasteiger partial charge in [-0.1, -0.05) is 5.57 Å². The summed E-state index contributed by atoms with van der Waals surface area (Å²) in [5, 5.41) is 9.26. The number of aliphatic hydroxyl groups is 1. The molecule has 0 aromatic heterocycles. The molecule has 0 radical (unpaired) electrons. The predicted molar refractivity (Wildman–Crippen MR) is 40.7 cm³/mol. The fourth-order valence-corrected chi connectivity index (χ4v) is 0.857. The van der Waals surface area contributed by atoms with Gasteiger partial charge in [0.1, 0.15) is 6.29 Å². The Hall–Kier alpha value is -0.630. The standard InChI is InChI=1S/C8H14O2/c1-7(4-5-9)6-8(2,3)10/h4-5,10H,6H2,1-3H3. The Morgan fingerprint density at radius 1 is 1.60 bits per heavy atom. The van der Waals surface area contributed by atoms with Crippen molar-refractivity contribution in [1.29, 1.82) is 0 Å².